The highest BCUT2D eigenvalue weighted by Crippen LogP contribution is 2.32. The lowest BCUT2D eigenvalue weighted by Crippen LogP contribution is -2.31. The van der Waals surface area contributed by atoms with E-state index in [-0.39, 0.29) is 12.2 Å². The number of carbonyl (C=O) groups is 2. The lowest BCUT2D eigenvalue weighted by molar-refractivity contribution is -0.165. The fourth-order valence-electron chi connectivity index (χ4n) is 3.02. The number of rotatable bonds is 8. The molecule has 33 heavy (non-hydrogen) atoms. The number of esters is 2. The lowest BCUT2D eigenvalue weighted by atomic mass is 10.0. The van der Waals surface area contributed by atoms with Gasteiger partial charge >= 0.3 is 18.1 Å². The highest BCUT2D eigenvalue weighted by atomic mass is 19.4. The first-order valence-corrected chi connectivity index (χ1v) is 10.6. The second-order valence-electron chi connectivity index (χ2n) is 8.80. The van der Waals surface area contributed by atoms with Gasteiger partial charge < -0.3 is 14.2 Å². The second-order valence-corrected chi connectivity index (χ2v) is 8.80. The van der Waals surface area contributed by atoms with Gasteiger partial charge in [-0.15, -0.1) is 0 Å². The van der Waals surface area contributed by atoms with Crippen molar-refractivity contribution in [2.45, 2.75) is 65.0 Å². The maximum Gasteiger partial charge on any atom is 0.416 e. The van der Waals surface area contributed by atoms with Crippen molar-refractivity contribution < 1.29 is 37.0 Å². The quantitative estimate of drug-likeness (QED) is 0.438. The van der Waals surface area contributed by atoms with Crippen LogP contribution in [0.1, 0.15) is 58.3 Å². The van der Waals surface area contributed by atoms with E-state index in [4.69, 9.17) is 14.2 Å². The van der Waals surface area contributed by atoms with Crippen LogP contribution < -0.4 is 4.74 Å². The van der Waals surface area contributed by atoms with Crippen LogP contribution in [0.4, 0.5) is 13.2 Å². The van der Waals surface area contributed by atoms with Crippen molar-refractivity contribution in [3.63, 3.8) is 0 Å². The molecule has 2 rings (SSSR count). The smallest absolute Gasteiger partial charge is 0.416 e. The summed E-state index contributed by atoms with van der Waals surface area (Å²) in [5.74, 6) is -1.67. The van der Waals surface area contributed by atoms with Gasteiger partial charge in [0, 0.05) is 0 Å². The summed E-state index contributed by atoms with van der Waals surface area (Å²) in [6.45, 7) is 8.39. The predicted octanol–water partition coefficient (Wildman–Crippen LogP) is 6.13. The molecule has 0 aliphatic carbocycles. The number of ether oxygens (including phenoxy) is 3. The Morgan fingerprint density at radius 2 is 1.48 bits per heavy atom. The fraction of sp³-hybridized carbons (Fsp3) is 0.440. The minimum absolute atomic E-state index is 0.140. The molecule has 5 nitrogen and oxygen atoms in total. The molecule has 0 fully saturated rings. The Hall–Kier alpha value is -3.03. The van der Waals surface area contributed by atoms with Gasteiger partial charge in [-0.2, -0.15) is 13.2 Å². The molecule has 0 saturated carbocycles. The number of hydrogen-bond acceptors (Lipinski definition) is 5. The maximum atomic E-state index is 12.8. The van der Waals surface area contributed by atoms with Crippen molar-refractivity contribution in [3.8, 4) is 5.75 Å². The van der Waals surface area contributed by atoms with Crippen LogP contribution in [0.25, 0.3) is 0 Å². The van der Waals surface area contributed by atoms with Crippen molar-refractivity contribution >= 4 is 11.9 Å². The Balaban J connectivity index is 2.12. The Labute approximate surface area is 191 Å². The van der Waals surface area contributed by atoms with Gasteiger partial charge in [-0.05, 0) is 57.5 Å². The number of carbonyl (C=O) groups excluding carboxylic acids is 2. The van der Waals surface area contributed by atoms with Crippen molar-refractivity contribution in [3.05, 3.63) is 65.7 Å². The Bertz CT molecular complexity index is 918. The van der Waals surface area contributed by atoms with Gasteiger partial charge in [-0.3, -0.25) is 9.59 Å². The molecule has 0 radical (unpaired) electrons. The standard InChI is InChI=1S/C25H29F3O5/c1-16(15-21(29)33-24(3,4)5)23(30)31-17(2)22(18-9-7-6-8-10-18)32-20-13-11-19(12-14-20)25(26,27)28/h6-14,16-17,22H,15H2,1-5H3/t16-,17+,22+/m1/s1. The summed E-state index contributed by atoms with van der Waals surface area (Å²) in [5, 5.41) is 0. The minimum Gasteiger partial charge on any atom is -0.482 e. The van der Waals surface area contributed by atoms with Crippen LogP contribution in [0.15, 0.2) is 54.6 Å². The van der Waals surface area contributed by atoms with Crippen molar-refractivity contribution in [1.82, 2.24) is 0 Å². The zero-order chi connectivity index (χ0) is 24.8. The minimum atomic E-state index is -4.45. The SMILES string of the molecule is C[C@H](CC(=O)OC(C)(C)C)C(=O)O[C@@H](C)[C@H](Oc1ccc(C(F)(F)F)cc1)c1ccccc1. The van der Waals surface area contributed by atoms with Gasteiger partial charge in [0.1, 0.15) is 17.5 Å². The Morgan fingerprint density at radius 1 is 0.909 bits per heavy atom. The first-order chi connectivity index (χ1) is 15.3. The summed E-state index contributed by atoms with van der Waals surface area (Å²) < 4.78 is 55.3. The summed E-state index contributed by atoms with van der Waals surface area (Å²) in [7, 11) is 0. The zero-order valence-electron chi connectivity index (χ0n) is 19.3. The first kappa shape index (κ1) is 26.2. The molecule has 0 spiro atoms. The number of alkyl halides is 3. The largest absolute Gasteiger partial charge is 0.482 e. The van der Waals surface area contributed by atoms with Gasteiger partial charge in [-0.1, -0.05) is 37.3 Å². The van der Waals surface area contributed by atoms with E-state index in [1.165, 1.54) is 12.1 Å². The van der Waals surface area contributed by atoms with E-state index in [9.17, 15) is 22.8 Å². The molecule has 0 aliphatic rings. The lowest BCUT2D eigenvalue weighted by Gasteiger charge is -2.27. The topological polar surface area (TPSA) is 61.8 Å². The van der Waals surface area contributed by atoms with Gasteiger partial charge in [0.05, 0.1) is 17.9 Å². The molecular formula is C25H29F3O5. The monoisotopic (exact) mass is 466 g/mol. The molecular weight excluding hydrogens is 437 g/mol. The van der Waals surface area contributed by atoms with Crippen LogP contribution in [0.2, 0.25) is 0 Å². The van der Waals surface area contributed by atoms with Crippen LogP contribution in [0, 0.1) is 5.92 Å². The third-order valence-electron chi connectivity index (χ3n) is 4.60. The van der Waals surface area contributed by atoms with Crippen molar-refractivity contribution in [2.24, 2.45) is 5.92 Å². The highest BCUT2D eigenvalue weighted by molar-refractivity contribution is 5.79. The molecule has 2 aromatic rings. The molecule has 2 aromatic carbocycles. The van der Waals surface area contributed by atoms with Gasteiger partial charge in [-0.25, -0.2) is 0 Å². The first-order valence-electron chi connectivity index (χ1n) is 10.6. The average Bonchev–Trinajstić information content (AvgIpc) is 2.70. The third-order valence-corrected chi connectivity index (χ3v) is 4.60. The van der Waals surface area contributed by atoms with E-state index in [0.29, 0.717) is 5.56 Å². The summed E-state index contributed by atoms with van der Waals surface area (Å²) in [6, 6.07) is 13.2. The van der Waals surface area contributed by atoms with E-state index in [0.717, 1.165) is 12.1 Å². The zero-order valence-corrected chi connectivity index (χ0v) is 19.3. The van der Waals surface area contributed by atoms with Gasteiger partial charge in [0.2, 0.25) is 0 Å². The normalized spacial score (nSPS) is 14.7. The molecule has 0 N–H and O–H groups in total. The van der Waals surface area contributed by atoms with Crippen LogP contribution in [0.5, 0.6) is 5.75 Å². The molecule has 0 bridgehead atoms. The maximum absolute atomic E-state index is 12.8. The van der Waals surface area contributed by atoms with Gasteiger partial charge in [0.15, 0.2) is 6.10 Å². The van der Waals surface area contributed by atoms with E-state index in [1.807, 2.05) is 0 Å². The van der Waals surface area contributed by atoms with Crippen LogP contribution in [0.3, 0.4) is 0 Å². The number of halogens is 3. The van der Waals surface area contributed by atoms with Crippen LogP contribution in [-0.4, -0.2) is 23.6 Å². The van der Waals surface area contributed by atoms with E-state index in [1.54, 1.807) is 65.0 Å². The second kappa shape index (κ2) is 10.7. The van der Waals surface area contributed by atoms with E-state index in [2.05, 4.69) is 0 Å². The molecule has 0 amide bonds. The molecule has 0 aromatic heterocycles. The molecule has 0 unspecified atom stereocenters. The summed E-state index contributed by atoms with van der Waals surface area (Å²) >= 11 is 0. The number of benzene rings is 2. The summed E-state index contributed by atoms with van der Waals surface area (Å²) in [4.78, 5) is 24.6. The fourth-order valence-corrected chi connectivity index (χ4v) is 3.02. The molecule has 0 aliphatic heterocycles. The molecule has 0 saturated heterocycles. The van der Waals surface area contributed by atoms with Gasteiger partial charge in [0.25, 0.3) is 0 Å². The van der Waals surface area contributed by atoms with Crippen molar-refractivity contribution in [2.75, 3.05) is 0 Å². The molecule has 8 heteroatoms. The Morgan fingerprint density at radius 3 is 2.00 bits per heavy atom. The average molecular weight is 466 g/mol. The summed E-state index contributed by atoms with van der Waals surface area (Å²) in [6.07, 6.45) is -6.16. The highest BCUT2D eigenvalue weighted by Gasteiger charge is 2.31. The summed E-state index contributed by atoms with van der Waals surface area (Å²) in [5.41, 5.74) is -0.777. The van der Waals surface area contributed by atoms with Crippen LogP contribution >= 0.6 is 0 Å². The molecule has 180 valence electrons. The van der Waals surface area contributed by atoms with Crippen LogP contribution in [-0.2, 0) is 25.2 Å². The molecule has 3 atom stereocenters. The van der Waals surface area contributed by atoms with Crippen molar-refractivity contribution in [1.29, 1.82) is 0 Å². The van der Waals surface area contributed by atoms with E-state index < -0.39 is 47.4 Å². The Kier molecular flexibility index (Phi) is 8.52. The van der Waals surface area contributed by atoms with E-state index >= 15 is 0 Å². The third kappa shape index (κ3) is 8.44. The molecule has 0 heterocycles. The number of hydrogen-bond donors (Lipinski definition) is 0. The predicted molar refractivity (Wildman–Crippen MR) is 116 cm³/mol.